The van der Waals surface area contributed by atoms with Gasteiger partial charge in [0.15, 0.2) is 12.1 Å². The van der Waals surface area contributed by atoms with E-state index in [0.717, 1.165) is 5.69 Å². The predicted molar refractivity (Wildman–Crippen MR) is 58.4 cm³/mol. The summed E-state index contributed by atoms with van der Waals surface area (Å²) >= 11 is 0. The number of ether oxygens (including phenoxy) is 2. The number of aromatic amines is 1. The highest BCUT2D eigenvalue weighted by molar-refractivity contribution is 5.41. The molecule has 0 fully saturated rings. The monoisotopic (exact) mass is 222 g/mol. The average molecular weight is 222 g/mol. The van der Waals surface area contributed by atoms with Gasteiger partial charge in [0.25, 0.3) is 0 Å². The van der Waals surface area contributed by atoms with Crippen LogP contribution in [0.4, 0.5) is 5.82 Å². The van der Waals surface area contributed by atoms with E-state index in [9.17, 15) is 0 Å². The molecule has 0 spiro atoms. The van der Waals surface area contributed by atoms with Crippen LogP contribution in [-0.2, 0) is 9.47 Å². The molecule has 1 heterocycles. The first-order valence-electron chi connectivity index (χ1n) is 4.65. The topological polar surface area (TPSA) is 83.0 Å². The van der Waals surface area contributed by atoms with Crippen molar-refractivity contribution in [2.24, 2.45) is 0 Å². The van der Waals surface area contributed by atoms with Gasteiger partial charge in [0.05, 0.1) is 0 Å². The summed E-state index contributed by atoms with van der Waals surface area (Å²) in [5.74, 6) is 0.635. The summed E-state index contributed by atoms with van der Waals surface area (Å²) in [5, 5.41) is 18.5. The number of hydrogen-bond acceptors (Lipinski definition) is 5. The predicted octanol–water partition coefficient (Wildman–Crippen LogP) is 1.16. The second-order valence-electron chi connectivity index (χ2n) is 3.10. The highest BCUT2D eigenvalue weighted by Crippen LogP contribution is 2.08. The van der Waals surface area contributed by atoms with Crippen LogP contribution in [0.3, 0.4) is 0 Å². The fourth-order valence-electron chi connectivity index (χ4n) is 1.15. The van der Waals surface area contributed by atoms with E-state index >= 15 is 0 Å². The summed E-state index contributed by atoms with van der Waals surface area (Å²) in [4.78, 5) is 0. The normalized spacial score (nSPS) is 11.6. The van der Waals surface area contributed by atoms with Gasteiger partial charge in [-0.25, -0.2) is 0 Å². The number of nitriles is 1. The minimum Gasteiger partial charge on any atom is -0.351 e. The third kappa shape index (κ3) is 3.08. The lowest BCUT2D eigenvalue weighted by molar-refractivity contribution is -0.0719. The van der Waals surface area contributed by atoms with Crippen LogP contribution in [-0.4, -0.2) is 30.7 Å². The molecule has 0 aliphatic rings. The Morgan fingerprint density at radius 1 is 1.62 bits per heavy atom. The Hall–Kier alpha value is -1.84. The van der Waals surface area contributed by atoms with Crippen molar-refractivity contribution in [3.8, 4) is 6.07 Å². The minimum absolute atomic E-state index is 0.339. The lowest BCUT2D eigenvalue weighted by atomic mass is 10.3. The summed E-state index contributed by atoms with van der Waals surface area (Å²) in [6, 6.07) is 3.81. The molecule has 0 amide bonds. The van der Waals surface area contributed by atoms with Gasteiger partial charge in [-0.3, -0.25) is 5.10 Å². The van der Waals surface area contributed by atoms with Gasteiger partial charge in [-0.15, -0.1) is 0 Å². The summed E-state index contributed by atoms with van der Waals surface area (Å²) in [6.45, 7) is 1.89. The highest BCUT2D eigenvalue weighted by atomic mass is 16.7. The number of hydrogen-bond donors (Lipinski definition) is 2. The molecule has 0 bridgehead atoms. The number of anilines is 1. The molecule has 0 unspecified atom stereocenters. The first-order chi connectivity index (χ1) is 7.71. The molecular weight excluding hydrogens is 208 g/mol. The maximum absolute atomic E-state index is 8.90. The molecule has 0 aliphatic heterocycles. The van der Waals surface area contributed by atoms with Crippen molar-refractivity contribution in [2.45, 2.75) is 13.2 Å². The van der Waals surface area contributed by atoms with Crippen molar-refractivity contribution in [2.75, 3.05) is 19.5 Å². The summed E-state index contributed by atoms with van der Waals surface area (Å²) in [6.07, 6.45) is 0.838. The third-order valence-electron chi connectivity index (χ3n) is 1.89. The first-order valence-corrected chi connectivity index (χ1v) is 4.65. The van der Waals surface area contributed by atoms with Crippen molar-refractivity contribution in [1.29, 1.82) is 5.26 Å². The number of nitrogens with one attached hydrogen (secondary N) is 2. The molecule has 1 rings (SSSR count). The molecule has 2 N–H and O–H groups in total. The van der Waals surface area contributed by atoms with E-state index in [1.165, 1.54) is 20.4 Å². The smallest absolute Gasteiger partial charge is 0.194 e. The minimum atomic E-state index is -0.669. The quantitative estimate of drug-likeness (QED) is 0.577. The van der Waals surface area contributed by atoms with Crippen LogP contribution in [0, 0.1) is 18.3 Å². The third-order valence-corrected chi connectivity index (χ3v) is 1.89. The molecule has 0 saturated heterocycles. The second-order valence-corrected chi connectivity index (χ2v) is 3.10. The summed E-state index contributed by atoms with van der Waals surface area (Å²) < 4.78 is 9.93. The van der Waals surface area contributed by atoms with E-state index in [-0.39, 0.29) is 0 Å². The summed E-state index contributed by atoms with van der Waals surface area (Å²) in [7, 11) is 2.94. The number of nitrogens with zero attached hydrogens (tertiary/aromatic N) is 2. The van der Waals surface area contributed by atoms with Crippen LogP contribution >= 0.6 is 0 Å². The molecule has 0 atom stereocenters. The van der Waals surface area contributed by atoms with Crippen molar-refractivity contribution >= 4 is 5.82 Å². The van der Waals surface area contributed by atoms with Gasteiger partial charge in [0.2, 0.25) is 0 Å². The van der Waals surface area contributed by atoms with Gasteiger partial charge < -0.3 is 14.8 Å². The lowest BCUT2D eigenvalue weighted by Gasteiger charge is -2.11. The highest BCUT2D eigenvalue weighted by Gasteiger charge is 2.11. The van der Waals surface area contributed by atoms with Crippen molar-refractivity contribution in [1.82, 2.24) is 10.2 Å². The lowest BCUT2D eigenvalue weighted by Crippen LogP contribution is -2.16. The molecule has 1 aromatic heterocycles. The Morgan fingerprint density at radius 3 is 2.75 bits per heavy atom. The summed E-state index contributed by atoms with van der Waals surface area (Å²) in [5.41, 5.74) is 1.27. The largest absolute Gasteiger partial charge is 0.351 e. The zero-order valence-corrected chi connectivity index (χ0v) is 9.44. The fourth-order valence-corrected chi connectivity index (χ4v) is 1.15. The number of aryl methyl sites for hydroxylation is 1. The SMILES string of the molecule is COC(OC)/C(C#N)=C/Nc1cc(C)[nH]n1. The van der Waals surface area contributed by atoms with E-state index in [2.05, 4.69) is 15.5 Å². The van der Waals surface area contributed by atoms with Gasteiger partial charge >= 0.3 is 0 Å². The van der Waals surface area contributed by atoms with Crippen LogP contribution in [0.5, 0.6) is 0 Å². The van der Waals surface area contributed by atoms with Crippen LogP contribution in [0.15, 0.2) is 17.8 Å². The van der Waals surface area contributed by atoms with Gasteiger partial charge in [0.1, 0.15) is 11.6 Å². The van der Waals surface area contributed by atoms with Gasteiger partial charge in [-0.05, 0) is 6.92 Å². The molecule has 0 radical (unpaired) electrons. The maximum atomic E-state index is 8.90. The van der Waals surface area contributed by atoms with Gasteiger partial charge in [-0.1, -0.05) is 0 Å². The number of aromatic nitrogens is 2. The van der Waals surface area contributed by atoms with E-state index in [1.807, 2.05) is 19.1 Å². The Labute approximate surface area is 93.9 Å². The standard InChI is InChI=1S/C10H14N4O2/c1-7-4-9(14-13-7)12-6-8(5-11)10(15-2)16-3/h4,6,10H,1-3H3,(H2,12,13,14)/b8-6+. The van der Waals surface area contributed by atoms with E-state index in [1.54, 1.807) is 0 Å². The van der Waals surface area contributed by atoms with Crippen molar-refractivity contribution < 1.29 is 9.47 Å². The van der Waals surface area contributed by atoms with Crippen LogP contribution in [0.1, 0.15) is 5.69 Å². The Kier molecular flexibility index (Phi) is 4.51. The van der Waals surface area contributed by atoms with Crippen molar-refractivity contribution in [3.63, 3.8) is 0 Å². The van der Waals surface area contributed by atoms with Gasteiger partial charge in [-0.2, -0.15) is 10.4 Å². The Balaban J connectivity index is 2.70. The van der Waals surface area contributed by atoms with Crippen LogP contribution in [0.25, 0.3) is 0 Å². The molecule has 86 valence electrons. The maximum Gasteiger partial charge on any atom is 0.194 e. The molecule has 0 aromatic carbocycles. The first kappa shape index (κ1) is 12.2. The second kappa shape index (κ2) is 5.90. The zero-order valence-electron chi connectivity index (χ0n) is 9.44. The zero-order chi connectivity index (χ0) is 12.0. The number of rotatable bonds is 5. The Bertz CT molecular complexity index is 401. The molecule has 1 aromatic rings. The Morgan fingerprint density at radius 2 is 2.31 bits per heavy atom. The average Bonchev–Trinajstić information content (AvgIpc) is 2.70. The molecular formula is C10H14N4O2. The molecule has 0 aliphatic carbocycles. The molecule has 6 heteroatoms. The number of H-pyrrole nitrogens is 1. The van der Waals surface area contributed by atoms with Crippen LogP contribution < -0.4 is 5.32 Å². The van der Waals surface area contributed by atoms with E-state index in [4.69, 9.17) is 14.7 Å². The number of methoxy groups -OCH3 is 2. The van der Waals surface area contributed by atoms with E-state index in [0.29, 0.717) is 11.4 Å². The van der Waals surface area contributed by atoms with Crippen molar-refractivity contribution in [3.05, 3.63) is 23.5 Å². The fraction of sp³-hybridized carbons (Fsp3) is 0.400. The molecule has 6 nitrogen and oxygen atoms in total. The molecule has 16 heavy (non-hydrogen) atoms. The van der Waals surface area contributed by atoms with Crippen LogP contribution in [0.2, 0.25) is 0 Å². The van der Waals surface area contributed by atoms with E-state index < -0.39 is 6.29 Å². The molecule has 0 saturated carbocycles. The van der Waals surface area contributed by atoms with Gasteiger partial charge in [0, 0.05) is 32.2 Å².